The lowest BCUT2D eigenvalue weighted by molar-refractivity contribution is 0.0520. The average Bonchev–Trinajstić information content (AvgIpc) is 2.52. The van der Waals surface area contributed by atoms with Crippen LogP contribution >= 0.6 is 22.6 Å². The maximum atomic E-state index is 8.74. The summed E-state index contributed by atoms with van der Waals surface area (Å²) in [6.45, 7) is 1.72. The topological polar surface area (TPSA) is 36.3 Å². The molecule has 1 saturated heterocycles. The van der Waals surface area contributed by atoms with Crippen molar-refractivity contribution in [1.82, 2.24) is 4.90 Å². The summed E-state index contributed by atoms with van der Waals surface area (Å²) in [6.07, 6.45) is 2.99. The smallest absolute Gasteiger partial charge is 0.142 e. The Morgan fingerprint density at radius 2 is 2.58 bits per heavy atom. The third-order valence-corrected chi connectivity index (χ3v) is 3.21. The van der Waals surface area contributed by atoms with E-state index in [1.807, 2.05) is 6.20 Å². The zero-order valence-corrected chi connectivity index (χ0v) is 8.69. The van der Waals surface area contributed by atoms with Gasteiger partial charge in [0.05, 0.1) is 16.6 Å². The van der Waals surface area contributed by atoms with Crippen molar-refractivity contribution in [2.24, 2.45) is 0 Å². The molecule has 0 aromatic rings. The quantitative estimate of drug-likeness (QED) is 0.493. The highest BCUT2D eigenvalue weighted by molar-refractivity contribution is 14.1. The first-order chi connectivity index (χ1) is 5.81. The molecule has 0 aromatic carbocycles. The third kappa shape index (κ3) is 1.31. The van der Waals surface area contributed by atoms with Crippen LogP contribution in [0.15, 0.2) is 11.8 Å². The number of hydrogen-bond acceptors (Lipinski definition) is 3. The van der Waals surface area contributed by atoms with E-state index in [0.29, 0.717) is 3.92 Å². The SMILES string of the molecule is N#CC1=CN2CCO[C@@H]2[C@@H](I)C1. The van der Waals surface area contributed by atoms with E-state index in [1.165, 1.54) is 0 Å². The van der Waals surface area contributed by atoms with Gasteiger partial charge in [0.25, 0.3) is 0 Å². The van der Waals surface area contributed by atoms with E-state index in [0.717, 1.165) is 25.1 Å². The molecule has 0 unspecified atom stereocenters. The molecule has 0 amide bonds. The first kappa shape index (κ1) is 8.32. The molecule has 0 radical (unpaired) electrons. The Balaban J connectivity index is 2.21. The van der Waals surface area contributed by atoms with Crippen LogP contribution in [0.4, 0.5) is 0 Å². The van der Waals surface area contributed by atoms with Crippen LogP contribution < -0.4 is 0 Å². The minimum Gasteiger partial charge on any atom is -0.355 e. The van der Waals surface area contributed by atoms with Gasteiger partial charge in [0, 0.05) is 18.3 Å². The highest BCUT2D eigenvalue weighted by Crippen LogP contribution is 2.29. The van der Waals surface area contributed by atoms with Gasteiger partial charge in [0.1, 0.15) is 6.23 Å². The van der Waals surface area contributed by atoms with Gasteiger partial charge < -0.3 is 9.64 Å². The van der Waals surface area contributed by atoms with Crippen molar-refractivity contribution < 1.29 is 4.74 Å². The lowest BCUT2D eigenvalue weighted by Crippen LogP contribution is -2.37. The van der Waals surface area contributed by atoms with Crippen LogP contribution in [0.1, 0.15) is 6.42 Å². The molecule has 1 fully saturated rings. The van der Waals surface area contributed by atoms with Crippen LogP contribution in [0.5, 0.6) is 0 Å². The third-order valence-electron chi connectivity index (χ3n) is 2.15. The summed E-state index contributed by atoms with van der Waals surface area (Å²) in [4.78, 5) is 2.12. The van der Waals surface area contributed by atoms with E-state index in [1.54, 1.807) is 0 Å². The van der Waals surface area contributed by atoms with Gasteiger partial charge in [-0.3, -0.25) is 0 Å². The number of hydrogen-bond donors (Lipinski definition) is 0. The first-order valence-electron chi connectivity index (χ1n) is 3.93. The zero-order chi connectivity index (χ0) is 8.55. The number of halogens is 1. The number of nitrogens with zero attached hydrogens (tertiary/aromatic N) is 2. The van der Waals surface area contributed by atoms with Gasteiger partial charge in [-0.25, -0.2) is 0 Å². The number of ether oxygens (including phenoxy) is 1. The number of allylic oxidation sites excluding steroid dienone is 1. The monoisotopic (exact) mass is 276 g/mol. The second kappa shape index (κ2) is 3.23. The Morgan fingerprint density at radius 3 is 3.33 bits per heavy atom. The van der Waals surface area contributed by atoms with Crippen molar-refractivity contribution in [1.29, 1.82) is 5.26 Å². The molecule has 2 aliphatic rings. The molecule has 0 aliphatic carbocycles. The zero-order valence-electron chi connectivity index (χ0n) is 6.53. The summed E-state index contributed by atoms with van der Waals surface area (Å²) < 4.78 is 5.95. The van der Waals surface area contributed by atoms with Crippen molar-refractivity contribution >= 4 is 22.6 Å². The van der Waals surface area contributed by atoms with E-state index in [9.17, 15) is 0 Å². The highest BCUT2D eigenvalue weighted by atomic mass is 127. The van der Waals surface area contributed by atoms with Crippen LogP contribution in [-0.4, -0.2) is 28.2 Å². The number of rotatable bonds is 0. The van der Waals surface area contributed by atoms with Gasteiger partial charge in [0.2, 0.25) is 0 Å². The Kier molecular flexibility index (Phi) is 2.24. The average molecular weight is 276 g/mol. The molecule has 2 aliphatic heterocycles. The van der Waals surface area contributed by atoms with Crippen molar-refractivity contribution in [3.05, 3.63) is 11.8 Å². The van der Waals surface area contributed by atoms with Crippen molar-refractivity contribution in [2.45, 2.75) is 16.6 Å². The van der Waals surface area contributed by atoms with Gasteiger partial charge in [-0.15, -0.1) is 0 Å². The van der Waals surface area contributed by atoms with Crippen LogP contribution in [-0.2, 0) is 4.74 Å². The molecular formula is C8H9IN2O. The lowest BCUT2D eigenvalue weighted by Gasteiger charge is -2.30. The summed E-state index contributed by atoms with van der Waals surface area (Å²) in [5.41, 5.74) is 0.871. The molecule has 0 aromatic heterocycles. The summed E-state index contributed by atoms with van der Waals surface area (Å²) in [7, 11) is 0. The molecule has 0 bridgehead atoms. The number of nitriles is 1. The molecule has 4 heteroatoms. The van der Waals surface area contributed by atoms with Gasteiger partial charge in [-0.1, -0.05) is 22.6 Å². The van der Waals surface area contributed by atoms with Gasteiger partial charge in [-0.05, 0) is 6.42 Å². The standard InChI is InChI=1S/C8H9IN2O/c9-7-3-6(4-10)5-11-1-2-12-8(7)11/h5,7-8H,1-3H2/t7-,8+/m0/s1. The fourth-order valence-electron chi connectivity index (χ4n) is 1.59. The molecule has 64 valence electrons. The van der Waals surface area contributed by atoms with Crippen LogP contribution in [0.2, 0.25) is 0 Å². The number of fused-ring (bicyclic) bond motifs is 1. The van der Waals surface area contributed by atoms with Crippen molar-refractivity contribution in [3.63, 3.8) is 0 Å². The first-order valence-corrected chi connectivity index (χ1v) is 5.18. The van der Waals surface area contributed by atoms with Crippen molar-refractivity contribution in [3.8, 4) is 6.07 Å². The van der Waals surface area contributed by atoms with Crippen LogP contribution in [0.3, 0.4) is 0 Å². The molecule has 12 heavy (non-hydrogen) atoms. The van der Waals surface area contributed by atoms with Crippen LogP contribution in [0, 0.1) is 11.3 Å². The molecule has 2 heterocycles. The Hall–Kier alpha value is -0.280. The minimum absolute atomic E-state index is 0.211. The predicted molar refractivity (Wildman–Crippen MR) is 52.6 cm³/mol. The Bertz CT molecular complexity index is 258. The van der Waals surface area contributed by atoms with Crippen LogP contribution in [0.25, 0.3) is 0 Å². The highest BCUT2D eigenvalue weighted by Gasteiger charge is 2.33. The second-order valence-electron chi connectivity index (χ2n) is 2.99. The molecule has 0 saturated carbocycles. The molecular weight excluding hydrogens is 267 g/mol. The number of alkyl halides is 1. The Morgan fingerprint density at radius 1 is 1.75 bits per heavy atom. The van der Waals surface area contributed by atoms with Gasteiger partial charge in [0.15, 0.2) is 0 Å². The fraction of sp³-hybridized carbons (Fsp3) is 0.625. The summed E-state index contributed by atoms with van der Waals surface area (Å²) in [5, 5.41) is 8.74. The summed E-state index contributed by atoms with van der Waals surface area (Å²) in [6, 6.07) is 2.21. The maximum absolute atomic E-state index is 8.74. The molecule has 0 spiro atoms. The summed E-state index contributed by atoms with van der Waals surface area (Å²) >= 11 is 2.35. The van der Waals surface area contributed by atoms with E-state index in [2.05, 4.69) is 33.6 Å². The van der Waals surface area contributed by atoms with E-state index in [4.69, 9.17) is 10.00 Å². The predicted octanol–water partition coefficient (Wildman–Crippen LogP) is 1.26. The maximum Gasteiger partial charge on any atom is 0.142 e. The Labute approximate surface area is 85.1 Å². The lowest BCUT2D eigenvalue weighted by atomic mass is 10.1. The largest absolute Gasteiger partial charge is 0.355 e. The van der Waals surface area contributed by atoms with E-state index < -0.39 is 0 Å². The molecule has 2 atom stereocenters. The van der Waals surface area contributed by atoms with Gasteiger partial charge in [-0.2, -0.15) is 5.26 Å². The van der Waals surface area contributed by atoms with Crippen molar-refractivity contribution in [2.75, 3.05) is 13.2 Å². The fourth-order valence-corrected chi connectivity index (χ4v) is 2.69. The second-order valence-corrected chi connectivity index (χ2v) is 4.59. The van der Waals surface area contributed by atoms with E-state index >= 15 is 0 Å². The minimum atomic E-state index is 0.211. The van der Waals surface area contributed by atoms with E-state index in [-0.39, 0.29) is 6.23 Å². The normalized spacial score (nSPS) is 34.0. The summed E-state index contributed by atoms with van der Waals surface area (Å²) in [5.74, 6) is 0. The van der Waals surface area contributed by atoms with Gasteiger partial charge >= 0.3 is 0 Å². The molecule has 3 nitrogen and oxygen atoms in total. The molecule has 2 rings (SSSR count). The molecule has 0 N–H and O–H groups in total.